The van der Waals surface area contributed by atoms with Crippen molar-refractivity contribution in [2.75, 3.05) is 26.5 Å². The molecule has 0 aromatic heterocycles. The van der Waals surface area contributed by atoms with Gasteiger partial charge in [-0.25, -0.2) is 4.79 Å². The monoisotopic (exact) mass is 357 g/mol. The van der Waals surface area contributed by atoms with Crippen LogP contribution in [0.2, 0.25) is 0 Å². The molecule has 1 saturated heterocycles. The molecule has 1 aromatic carbocycles. The highest BCUT2D eigenvalue weighted by Crippen LogP contribution is 2.40. The SMILES string of the molecule is O=C(O)C1CN(C(=O)c2cc(Br)c3c(c2)OCO3)CCO1. The van der Waals surface area contributed by atoms with E-state index in [1.807, 2.05) is 0 Å². The van der Waals surface area contributed by atoms with Crippen molar-refractivity contribution in [2.45, 2.75) is 6.10 Å². The van der Waals surface area contributed by atoms with Crippen LogP contribution < -0.4 is 9.47 Å². The quantitative estimate of drug-likeness (QED) is 0.853. The van der Waals surface area contributed by atoms with Crippen molar-refractivity contribution in [2.24, 2.45) is 0 Å². The molecule has 1 N–H and O–H groups in total. The summed E-state index contributed by atoms with van der Waals surface area (Å²) in [6.45, 7) is 0.702. The van der Waals surface area contributed by atoms with Gasteiger partial charge >= 0.3 is 5.97 Å². The number of hydrogen-bond donors (Lipinski definition) is 1. The molecule has 2 heterocycles. The average molecular weight is 358 g/mol. The first kappa shape index (κ1) is 14.2. The lowest BCUT2D eigenvalue weighted by molar-refractivity contribution is -0.154. The molecule has 0 spiro atoms. The number of aliphatic carboxylic acids is 1. The van der Waals surface area contributed by atoms with Crippen molar-refractivity contribution in [3.05, 3.63) is 22.2 Å². The van der Waals surface area contributed by atoms with Gasteiger partial charge in [-0.3, -0.25) is 4.79 Å². The highest BCUT2D eigenvalue weighted by Gasteiger charge is 2.30. The van der Waals surface area contributed by atoms with E-state index >= 15 is 0 Å². The lowest BCUT2D eigenvalue weighted by Gasteiger charge is -2.31. The van der Waals surface area contributed by atoms with E-state index in [1.54, 1.807) is 12.1 Å². The van der Waals surface area contributed by atoms with Crippen LogP contribution in [0.1, 0.15) is 10.4 Å². The minimum atomic E-state index is -1.07. The summed E-state index contributed by atoms with van der Waals surface area (Å²) >= 11 is 3.33. The Morgan fingerprint density at radius 1 is 1.33 bits per heavy atom. The van der Waals surface area contributed by atoms with E-state index in [9.17, 15) is 9.59 Å². The van der Waals surface area contributed by atoms with Crippen LogP contribution in [0.15, 0.2) is 16.6 Å². The molecule has 2 aliphatic rings. The lowest BCUT2D eigenvalue weighted by atomic mass is 10.1. The van der Waals surface area contributed by atoms with Gasteiger partial charge in [-0.1, -0.05) is 0 Å². The first-order valence-electron chi connectivity index (χ1n) is 6.29. The maximum Gasteiger partial charge on any atom is 0.334 e. The van der Waals surface area contributed by atoms with Crippen LogP contribution in [0.4, 0.5) is 0 Å². The zero-order chi connectivity index (χ0) is 15.0. The summed E-state index contributed by atoms with van der Waals surface area (Å²) in [5.74, 6) is -0.268. The fraction of sp³-hybridized carbons (Fsp3) is 0.385. The van der Waals surface area contributed by atoms with Crippen molar-refractivity contribution in [1.82, 2.24) is 4.90 Å². The first-order valence-corrected chi connectivity index (χ1v) is 7.08. The molecule has 0 radical (unpaired) electrons. The summed E-state index contributed by atoms with van der Waals surface area (Å²) in [7, 11) is 0. The molecular formula is C13H12BrNO6. The standard InChI is InChI=1S/C13H12BrNO6/c14-8-3-7(4-9-11(8)21-6-20-9)12(16)15-1-2-19-10(5-15)13(17)18/h3-4,10H,1-2,5-6H2,(H,17,18). The fourth-order valence-corrected chi connectivity index (χ4v) is 2.81. The summed E-state index contributed by atoms with van der Waals surface area (Å²) in [6, 6.07) is 3.24. The predicted molar refractivity (Wildman–Crippen MR) is 73.5 cm³/mol. The molecule has 1 atom stereocenters. The number of ether oxygens (including phenoxy) is 3. The molecule has 0 saturated carbocycles. The van der Waals surface area contributed by atoms with Gasteiger partial charge in [-0.05, 0) is 28.1 Å². The Morgan fingerprint density at radius 3 is 2.90 bits per heavy atom. The second kappa shape index (κ2) is 5.53. The summed E-state index contributed by atoms with van der Waals surface area (Å²) in [5, 5.41) is 8.97. The van der Waals surface area contributed by atoms with Gasteiger partial charge in [0, 0.05) is 12.1 Å². The molecule has 0 bridgehead atoms. The van der Waals surface area contributed by atoms with Crippen LogP contribution in [0.25, 0.3) is 0 Å². The normalized spacial score (nSPS) is 20.4. The Hall–Kier alpha value is -1.80. The number of hydrogen-bond acceptors (Lipinski definition) is 5. The van der Waals surface area contributed by atoms with Gasteiger partial charge in [0.2, 0.25) is 6.79 Å². The summed E-state index contributed by atoms with van der Waals surface area (Å²) in [5.41, 5.74) is 0.414. The van der Waals surface area contributed by atoms with Crippen LogP contribution in [-0.4, -0.2) is 54.5 Å². The maximum absolute atomic E-state index is 12.5. The Labute approximate surface area is 128 Å². The summed E-state index contributed by atoms with van der Waals surface area (Å²) in [6.07, 6.45) is -0.986. The molecule has 0 aliphatic carbocycles. The number of carboxylic acids is 1. The van der Waals surface area contributed by atoms with E-state index in [0.717, 1.165) is 0 Å². The second-order valence-corrected chi connectivity index (χ2v) is 5.50. The zero-order valence-corrected chi connectivity index (χ0v) is 12.5. The molecule has 1 amide bonds. The van der Waals surface area contributed by atoms with Crippen LogP contribution in [0, 0.1) is 0 Å². The first-order chi connectivity index (χ1) is 10.1. The Morgan fingerprint density at radius 2 is 2.14 bits per heavy atom. The largest absolute Gasteiger partial charge is 0.479 e. The molecule has 1 aromatic rings. The van der Waals surface area contributed by atoms with E-state index in [0.29, 0.717) is 28.1 Å². The average Bonchev–Trinajstić information content (AvgIpc) is 2.95. The van der Waals surface area contributed by atoms with Crippen LogP contribution in [0.5, 0.6) is 11.5 Å². The fourth-order valence-electron chi connectivity index (χ4n) is 2.26. The van der Waals surface area contributed by atoms with Crippen LogP contribution in [-0.2, 0) is 9.53 Å². The third-order valence-electron chi connectivity index (χ3n) is 3.30. The Kier molecular flexibility index (Phi) is 3.73. The Bertz CT molecular complexity index is 605. The van der Waals surface area contributed by atoms with Crippen molar-refractivity contribution in [3.8, 4) is 11.5 Å². The summed E-state index contributed by atoms with van der Waals surface area (Å²) < 4.78 is 16.3. The number of benzene rings is 1. The molecule has 112 valence electrons. The van der Waals surface area contributed by atoms with Crippen molar-refractivity contribution in [1.29, 1.82) is 0 Å². The van der Waals surface area contributed by atoms with Gasteiger partial charge < -0.3 is 24.2 Å². The van der Waals surface area contributed by atoms with Gasteiger partial charge in [0.15, 0.2) is 17.6 Å². The van der Waals surface area contributed by atoms with Gasteiger partial charge in [0.05, 0.1) is 17.6 Å². The van der Waals surface area contributed by atoms with E-state index in [-0.39, 0.29) is 25.9 Å². The molecule has 7 nitrogen and oxygen atoms in total. The number of carbonyl (C=O) groups is 2. The molecular weight excluding hydrogens is 346 g/mol. The molecule has 3 rings (SSSR count). The molecule has 1 unspecified atom stereocenters. The highest BCUT2D eigenvalue weighted by molar-refractivity contribution is 9.10. The lowest BCUT2D eigenvalue weighted by Crippen LogP contribution is -2.48. The van der Waals surface area contributed by atoms with Crippen LogP contribution in [0.3, 0.4) is 0 Å². The number of fused-ring (bicyclic) bond motifs is 1. The van der Waals surface area contributed by atoms with Crippen molar-refractivity contribution >= 4 is 27.8 Å². The topological polar surface area (TPSA) is 85.3 Å². The zero-order valence-electron chi connectivity index (χ0n) is 10.9. The third kappa shape index (κ3) is 2.68. The molecule has 21 heavy (non-hydrogen) atoms. The Balaban J connectivity index is 1.82. The number of carboxylic acid groups (broad SMARTS) is 1. The summed E-state index contributed by atoms with van der Waals surface area (Å²) in [4.78, 5) is 24.9. The molecule has 1 fully saturated rings. The number of morpholine rings is 1. The van der Waals surface area contributed by atoms with E-state index in [4.69, 9.17) is 19.3 Å². The smallest absolute Gasteiger partial charge is 0.334 e. The molecule has 2 aliphatic heterocycles. The number of halogens is 1. The van der Waals surface area contributed by atoms with E-state index < -0.39 is 12.1 Å². The minimum Gasteiger partial charge on any atom is -0.479 e. The van der Waals surface area contributed by atoms with Gasteiger partial charge in [0.1, 0.15) is 0 Å². The van der Waals surface area contributed by atoms with Crippen LogP contribution >= 0.6 is 15.9 Å². The van der Waals surface area contributed by atoms with Gasteiger partial charge in [0.25, 0.3) is 5.91 Å². The number of amides is 1. The predicted octanol–water partition coefficient (Wildman–Crippen LogP) is 1.10. The van der Waals surface area contributed by atoms with Crippen molar-refractivity contribution in [3.63, 3.8) is 0 Å². The molecule has 8 heteroatoms. The van der Waals surface area contributed by atoms with E-state index in [2.05, 4.69) is 15.9 Å². The van der Waals surface area contributed by atoms with E-state index in [1.165, 1.54) is 4.90 Å². The highest BCUT2D eigenvalue weighted by atomic mass is 79.9. The van der Waals surface area contributed by atoms with Crippen molar-refractivity contribution < 1.29 is 28.9 Å². The number of rotatable bonds is 2. The second-order valence-electron chi connectivity index (χ2n) is 4.64. The number of nitrogens with zero attached hydrogens (tertiary/aromatic N) is 1. The maximum atomic E-state index is 12.5. The third-order valence-corrected chi connectivity index (χ3v) is 3.89. The minimum absolute atomic E-state index is 0.0280. The number of carbonyl (C=O) groups excluding carboxylic acids is 1. The van der Waals surface area contributed by atoms with Gasteiger partial charge in [-0.2, -0.15) is 0 Å². The van der Waals surface area contributed by atoms with Gasteiger partial charge in [-0.15, -0.1) is 0 Å².